The Morgan fingerprint density at radius 1 is 1.31 bits per heavy atom. The zero-order chi connectivity index (χ0) is 11.6. The maximum absolute atomic E-state index is 10.2. The summed E-state index contributed by atoms with van der Waals surface area (Å²) in [4.78, 5) is 0. The second-order valence-electron chi connectivity index (χ2n) is 5.87. The molecule has 1 heterocycles. The van der Waals surface area contributed by atoms with E-state index in [0.717, 1.165) is 18.3 Å². The van der Waals surface area contributed by atoms with Crippen molar-refractivity contribution in [2.24, 2.45) is 11.8 Å². The molecule has 0 bridgehead atoms. The first-order chi connectivity index (χ1) is 7.59. The van der Waals surface area contributed by atoms with Crippen molar-refractivity contribution in [3.63, 3.8) is 0 Å². The molecule has 2 N–H and O–H groups in total. The van der Waals surface area contributed by atoms with E-state index in [4.69, 9.17) is 4.74 Å². The Hall–Kier alpha value is -0.120. The molecule has 3 heteroatoms. The van der Waals surface area contributed by atoms with Gasteiger partial charge in [-0.25, -0.2) is 0 Å². The molecule has 2 rings (SSSR count). The summed E-state index contributed by atoms with van der Waals surface area (Å²) in [5, 5.41) is 13.7. The van der Waals surface area contributed by atoms with Crippen LogP contribution in [0.5, 0.6) is 0 Å². The number of aliphatic hydroxyl groups is 1. The summed E-state index contributed by atoms with van der Waals surface area (Å²) in [6.45, 7) is 6.58. The molecule has 94 valence electrons. The summed E-state index contributed by atoms with van der Waals surface area (Å²) >= 11 is 0. The number of hydrogen-bond acceptors (Lipinski definition) is 3. The van der Waals surface area contributed by atoms with Crippen LogP contribution in [0, 0.1) is 11.8 Å². The predicted molar refractivity (Wildman–Crippen MR) is 64.4 cm³/mol. The lowest BCUT2D eigenvalue weighted by Gasteiger charge is -2.34. The van der Waals surface area contributed by atoms with E-state index in [1.54, 1.807) is 0 Å². The van der Waals surface area contributed by atoms with Gasteiger partial charge in [0.25, 0.3) is 0 Å². The SMILES string of the molecule is C[C@@H]1CC[C@H](NC[C@@]2(O)CCOC2)C[C@H]1C. The minimum absolute atomic E-state index is 0.499. The number of ether oxygens (including phenoxy) is 1. The molecule has 1 aliphatic heterocycles. The van der Waals surface area contributed by atoms with Gasteiger partial charge in [0.15, 0.2) is 0 Å². The van der Waals surface area contributed by atoms with Crippen LogP contribution in [-0.2, 0) is 4.74 Å². The first kappa shape index (κ1) is 12.3. The Bertz CT molecular complexity index is 226. The number of rotatable bonds is 3. The van der Waals surface area contributed by atoms with Crippen LogP contribution in [0.1, 0.15) is 39.5 Å². The van der Waals surface area contributed by atoms with Crippen LogP contribution < -0.4 is 5.32 Å². The van der Waals surface area contributed by atoms with Crippen molar-refractivity contribution in [2.75, 3.05) is 19.8 Å². The molecule has 0 spiro atoms. The van der Waals surface area contributed by atoms with E-state index in [1.807, 2.05) is 0 Å². The molecule has 2 aliphatic rings. The van der Waals surface area contributed by atoms with Gasteiger partial charge in [-0.15, -0.1) is 0 Å². The predicted octanol–water partition coefficient (Wildman–Crippen LogP) is 1.55. The van der Waals surface area contributed by atoms with Crippen LogP contribution in [0.25, 0.3) is 0 Å². The van der Waals surface area contributed by atoms with Crippen molar-refractivity contribution in [1.29, 1.82) is 0 Å². The summed E-state index contributed by atoms with van der Waals surface area (Å²) < 4.78 is 5.25. The Morgan fingerprint density at radius 3 is 2.75 bits per heavy atom. The lowest BCUT2D eigenvalue weighted by Crippen LogP contribution is -2.46. The smallest absolute Gasteiger partial charge is 0.102 e. The molecule has 16 heavy (non-hydrogen) atoms. The molecule has 0 amide bonds. The maximum Gasteiger partial charge on any atom is 0.102 e. The molecular formula is C13H25NO2. The van der Waals surface area contributed by atoms with Gasteiger partial charge in [0.2, 0.25) is 0 Å². The van der Waals surface area contributed by atoms with Crippen molar-refractivity contribution < 1.29 is 9.84 Å². The quantitative estimate of drug-likeness (QED) is 0.768. The van der Waals surface area contributed by atoms with Crippen LogP contribution in [0.15, 0.2) is 0 Å². The van der Waals surface area contributed by atoms with Gasteiger partial charge in [0.05, 0.1) is 6.61 Å². The van der Waals surface area contributed by atoms with Crippen LogP contribution in [0.2, 0.25) is 0 Å². The van der Waals surface area contributed by atoms with Gasteiger partial charge in [-0.2, -0.15) is 0 Å². The van der Waals surface area contributed by atoms with Gasteiger partial charge in [-0.3, -0.25) is 0 Å². The largest absolute Gasteiger partial charge is 0.386 e. The zero-order valence-electron chi connectivity index (χ0n) is 10.5. The summed E-state index contributed by atoms with van der Waals surface area (Å²) in [6, 6.07) is 0.593. The van der Waals surface area contributed by atoms with Crippen molar-refractivity contribution in [3.05, 3.63) is 0 Å². The Morgan fingerprint density at radius 2 is 2.12 bits per heavy atom. The highest BCUT2D eigenvalue weighted by molar-refractivity contribution is 4.88. The lowest BCUT2D eigenvalue weighted by molar-refractivity contribution is 0.0223. The fourth-order valence-electron chi connectivity index (χ4n) is 2.80. The molecule has 1 aliphatic carbocycles. The van der Waals surface area contributed by atoms with Gasteiger partial charge < -0.3 is 15.2 Å². The molecule has 0 aromatic rings. The summed E-state index contributed by atoms with van der Waals surface area (Å²) in [6.07, 6.45) is 4.59. The fraction of sp³-hybridized carbons (Fsp3) is 1.00. The Labute approximate surface area is 98.6 Å². The zero-order valence-corrected chi connectivity index (χ0v) is 10.5. The van der Waals surface area contributed by atoms with Crippen molar-refractivity contribution in [3.8, 4) is 0 Å². The summed E-state index contributed by atoms with van der Waals surface area (Å²) in [7, 11) is 0. The molecule has 1 saturated carbocycles. The van der Waals surface area contributed by atoms with Gasteiger partial charge in [-0.05, 0) is 31.1 Å². The van der Waals surface area contributed by atoms with E-state index in [1.165, 1.54) is 19.3 Å². The van der Waals surface area contributed by atoms with Gasteiger partial charge in [0, 0.05) is 25.6 Å². The van der Waals surface area contributed by atoms with Crippen LogP contribution in [0.4, 0.5) is 0 Å². The first-order valence-corrected chi connectivity index (χ1v) is 6.62. The van der Waals surface area contributed by atoms with E-state index >= 15 is 0 Å². The van der Waals surface area contributed by atoms with Crippen molar-refractivity contribution >= 4 is 0 Å². The van der Waals surface area contributed by atoms with Gasteiger partial charge >= 0.3 is 0 Å². The van der Waals surface area contributed by atoms with Crippen LogP contribution in [0.3, 0.4) is 0 Å². The standard InChI is InChI=1S/C13H25NO2/c1-10-3-4-12(7-11(10)2)14-8-13(15)5-6-16-9-13/h10-12,14-15H,3-9H2,1-2H3/t10-,11-,12+,13+/m1/s1. The number of hydrogen-bond donors (Lipinski definition) is 2. The highest BCUT2D eigenvalue weighted by atomic mass is 16.5. The minimum Gasteiger partial charge on any atom is -0.386 e. The summed E-state index contributed by atoms with van der Waals surface area (Å²) in [5.74, 6) is 1.66. The monoisotopic (exact) mass is 227 g/mol. The highest BCUT2D eigenvalue weighted by Crippen LogP contribution is 2.29. The van der Waals surface area contributed by atoms with E-state index in [0.29, 0.717) is 25.8 Å². The summed E-state index contributed by atoms with van der Waals surface area (Å²) in [5.41, 5.74) is -0.605. The Kier molecular flexibility index (Phi) is 3.88. The second kappa shape index (κ2) is 5.03. The van der Waals surface area contributed by atoms with Crippen LogP contribution >= 0.6 is 0 Å². The molecule has 0 unspecified atom stereocenters. The second-order valence-corrected chi connectivity index (χ2v) is 5.87. The third kappa shape index (κ3) is 2.96. The van der Waals surface area contributed by atoms with Gasteiger partial charge in [0.1, 0.15) is 5.60 Å². The van der Waals surface area contributed by atoms with E-state index in [9.17, 15) is 5.11 Å². The molecule has 4 atom stereocenters. The molecule has 3 nitrogen and oxygen atoms in total. The average molecular weight is 227 g/mol. The maximum atomic E-state index is 10.2. The average Bonchev–Trinajstić information content (AvgIpc) is 2.68. The molecule has 0 aromatic heterocycles. The first-order valence-electron chi connectivity index (χ1n) is 6.62. The van der Waals surface area contributed by atoms with Gasteiger partial charge in [-0.1, -0.05) is 13.8 Å². The molecular weight excluding hydrogens is 202 g/mol. The minimum atomic E-state index is -0.605. The van der Waals surface area contributed by atoms with Crippen LogP contribution in [-0.4, -0.2) is 36.5 Å². The third-order valence-electron chi connectivity index (χ3n) is 4.40. The normalized spacial score (nSPS) is 44.8. The molecule has 0 aromatic carbocycles. The Balaban J connectivity index is 1.74. The molecule has 1 saturated heterocycles. The third-order valence-corrected chi connectivity index (χ3v) is 4.40. The fourth-order valence-corrected chi connectivity index (χ4v) is 2.80. The lowest BCUT2D eigenvalue weighted by atomic mass is 9.79. The van der Waals surface area contributed by atoms with E-state index in [-0.39, 0.29) is 0 Å². The topological polar surface area (TPSA) is 41.5 Å². The van der Waals surface area contributed by atoms with E-state index in [2.05, 4.69) is 19.2 Å². The van der Waals surface area contributed by atoms with Crippen molar-refractivity contribution in [2.45, 2.75) is 51.2 Å². The molecule has 2 fully saturated rings. The number of nitrogens with one attached hydrogen (secondary N) is 1. The van der Waals surface area contributed by atoms with E-state index < -0.39 is 5.60 Å². The van der Waals surface area contributed by atoms with Crippen molar-refractivity contribution in [1.82, 2.24) is 5.32 Å². The molecule has 0 radical (unpaired) electrons. The highest BCUT2D eigenvalue weighted by Gasteiger charge is 2.33.